The fourth-order valence-electron chi connectivity index (χ4n) is 2.44. The van der Waals surface area contributed by atoms with Gasteiger partial charge in [-0.15, -0.1) is 11.3 Å². The molecule has 2 N–H and O–H groups in total. The zero-order valence-corrected chi connectivity index (χ0v) is 13.1. The number of urea groups is 1. The lowest BCUT2D eigenvalue weighted by molar-refractivity contribution is 0.104. The molecular weight excluding hydrogens is 272 g/mol. The van der Waals surface area contributed by atoms with Gasteiger partial charge in [0.25, 0.3) is 0 Å². The number of hydrogen-bond acceptors (Lipinski definition) is 3. The summed E-state index contributed by atoms with van der Waals surface area (Å²) < 4.78 is 5.53. The number of amides is 2. The molecule has 0 saturated carbocycles. The van der Waals surface area contributed by atoms with Crippen LogP contribution in [0.3, 0.4) is 0 Å². The third-order valence-electron chi connectivity index (χ3n) is 3.46. The topological polar surface area (TPSA) is 50.4 Å². The molecule has 0 aliphatic carbocycles. The molecule has 2 atom stereocenters. The van der Waals surface area contributed by atoms with Crippen molar-refractivity contribution in [1.29, 1.82) is 0 Å². The molecule has 0 bridgehead atoms. The van der Waals surface area contributed by atoms with Crippen LogP contribution >= 0.6 is 11.3 Å². The summed E-state index contributed by atoms with van der Waals surface area (Å²) in [5, 5.41) is 5.88. The lowest BCUT2D eigenvalue weighted by Crippen LogP contribution is -2.42. The summed E-state index contributed by atoms with van der Waals surface area (Å²) in [6.07, 6.45) is 4.40. The normalized spacial score (nSPS) is 19.8. The second kappa shape index (κ2) is 7.64. The SMILES string of the molecule is Cc1ccc(C[C@H](C)NC(=O)NCC[C@H]2CCCO2)s1. The summed E-state index contributed by atoms with van der Waals surface area (Å²) in [5.74, 6) is 0. The van der Waals surface area contributed by atoms with Crippen molar-refractivity contribution in [1.82, 2.24) is 10.6 Å². The second-order valence-electron chi connectivity index (χ2n) is 5.44. The van der Waals surface area contributed by atoms with Crippen LogP contribution in [0.2, 0.25) is 0 Å². The molecular formula is C15H24N2O2S. The Labute approximate surface area is 124 Å². The average Bonchev–Trinajstić information content (AvgIpc) is 3.01. The van der Waals surface area contributed by atoms with E-state index in [1.165, 1.54) is 9.75 Å². The van der Waals surface area contributed by atoms with Gasteiger partial charge in [-0.3, -0.25) is 0 Å². The van der Waals surface area contributed by atoms with Gasteiger partial charge in [0.05, 0.1) is 6.10 Å². The van der Waals surface area contributed by atoms with Crippen molar-refractivity contribution in [3.8, 4) is 0 Å². The highest BCUT2D eigenvalue weighted by molar-refractivity contribution is 7.11. The zero-order valence-electron chi connectivity index (χ0n) is 12.3. The highest BCUT2D eigenvalue weighted by Crippen LogP contribution is 2.16. The number of rotatable bonds is 6. The molecule has 0 spiro atoms. The minimum Gasteiger partial charge on any atom is -0.378 e. The first kappa shape index (κ1) is 15.3. The molecule has 1 aliphatic heterocycles. The number of ether oxygens (including phenoxy) is 1. The molecule has 112 valence electrons. The van der Waals surface area contributed by atoms with Crippen LogP contribution in [0.1, 0.15) is 35.9 Å². The van der Waals surface area contributed by atoms with Crippen molar-refractivity contribution >= 4 is 17.4 Å². The van der Waals surface area contributed by atoms with Crippen molar-refractivity contribution in [3.05, 3.63) is 21.9 Å². The molecule has 5 heteroatoms. The van der Waals surface area contributed by atoms with E-state index in [-0.39, 0.29) is 12.1 Å². The van der Waals surface area contributed by atoms with Crippen LogP contribution in [0.25, 0.3) is 0 Å². The van der Waals surface area contributed by atoms with E-state index in [9.17, 15) is 4.79 Å². The van der Waals surface area contributed by atoms with Crippen molar-refractivity contribution in [3.63, 3.8) is 0 Å². The van der Waals surface area contributed by atoms with E-state index in [2.05, 4.69) is 29.7 Å². The van der Waals surface area contributed by atoms with E-state index in [1.807, 2.05) is 6.92 Å². The number of carbonyl (C=O) groups excluding carboxylic acids is 1. The molecule has 1 aromatic rings. The number of hydrogen-bond donors (Lipinski definition) is 2. The van der Waals surface area contributed by atoms with Crippen molar-refractivity contribution in [2.45, 2.75) is 51.7 Å². The van der Waals surface area contributed by atoms with E-state index in [4.69, 9.17) is 4.74 Å². The van der Waals surface area contributed by atoms with Crippen LogP contribution in [0, 0.1) is 6.92 Å². The molecule has 2 heterocycles. The summed E-state index contributed by atoms with van der Waals surface area (Å²) in [7, 11) is 0. The fourth-order valence-corrected chi connectivity index (χ4v) is 3.46. The molecule has 20 heavy (non-hydrogen) atoms. The maximum atomic E-state index is 11.8. The monoisotopic (exact) mass is 296 g/mol. The van der Waals surface area contributed by atoms with E-state index in [0.29, 0.717) is 12.6 Å². The van der Waals surface area contributed by atoms with Gasteiger partial charge in [0.15, 0.2) is 0 Å². The van der Waals surface area contributed by atoms with E-state index >= 15 is 0 Å². The number of carbonyl (C=O) groups is 1. The minimum absolute atomic E-state index is 0.0798. The Morgan fingerprint density at radius 2 is 2.40 bits per heavy atom. The Morgan fingerprint density at radius 1 is 1.55 bits per heavy atom. The molecule has 1 aliphatic rings. The molecule has 0 unspecified atom stereocenters. The first-order chi connectivity index (χ1) is 9.63. The van der Waals surface area contributed by atoms with Crippen LogP contribution in [0.5, 0.6) is 0 Å². The van der Waals surface area contributed by atoms with Gasteiger partial charge in [0.2, 0.25) is 0 Å². The van der Waals surface area contributed by atoms with Gasteiger partial charge in [0.1, 0.15) is 0 Å². The predicted octanol–water partition coefficient (Wildman–Crippen LogP) is 2.86. The highest BCUT2D eigenvalue weighted by atomic mass is 32.1. The zero-order chi connectivity index (χ0) is 14.4. The van der Waals surface area contributed by atoms with Gasteiger partial charge < -0.3 is 15.4 Å². The van der Waals surface area contributed by atoms with Crippen molar-refractivity contribution < 1.29 is 9.53 Å². The van der Waals surface area contributed by atoms with Gasteiger partial charge in [-0.05, 0) is 45.2 Å². The molecule has 4 nitrogen and oxygen atoms in total. The van der Waals surface area contributed by atoms with Gasteiger partial charge in [-0.25, -0.2) is 4.79 Å². The largest absolute Gasteiger partial charge is 0.378 e. The fraction of sp³-hybridized carbons (Fsp3) is 0.667. The van der Waals surface area contributed by atoms with Crippen LogP contribution in [-0.4, -0.2) is 31.3 Å². The summed E-state index contributed by atoms with van der Waals surface area (Å²) in [6, 6.07) is 4.32. The van der Waals surface area contributed by atoms with Crippen molar-refractivity contribution in [2.24, 2.45) is 0 Å². The molecule has 0 radical (unpaired) electrons. The lowest BCUT2D eigenvalue weighted by atomic mass is 10.2. The smallest absolute Gasteiger partial charge is 0.315 e. The second-order valence-corrected chi connectivity index (χ2v) is 6.81. The summed E-state index contributed by atoms with van der Waals surface area (Å²) >= 11 is 1.79. The van der Waals surface area contributed by atoms with Crippen LogP contribution in [-0.2, 0) is 11.2 Å². The Bertz CT molecular complexity index is 427. The van der Waals surface area contributed by atoms with Crippen LogP contribution in [0.15, 0.2) is 12.1 Å². The van der Waals surface area contributed by atoms with E-state index < -0.39 is 0 Å². The third kappa shape index (κ3) is 5.13. The molecule has 2 amide bonds. The third-order valence-corrected chi connectivity index (χ3v) is 4.48. The van der Waals surface area contributed by atoms with E-state index in [0.717, 1.165) is 32.3 Å². The predicted molar refractivity (Wildman–Crippen MR) is 82.3 cm³/mol. The Kier molecular flexibility index (Phi) is 5.86. The highest BCUT2D eigenvalue weighted by Gasteiger charge is 2.15. The number of aryl methyl sites for hydroxylation is 1. The lowest BCUT2D eigenvalue weighted by Gasteiger charge is -2.15. The average molecular weight is 296 g/mol. The maximum Gasteiger partial charge on any atom is 0.315 e. The summed E-state index contributed by atoms with van der Waals surface area (Å²) in [6.45, 7) is 5.69. The van der Waals surface area contributed by atoms with E-state index in [1.54, 1.807) is 11.3 Å². The number of thiophene rings is 1. The maximum absolute atomic E-state index is 11.8. The van der Waals surface area contributed by atoms with Gasteiger partial charge >= 0.3 is 6.03 Å². The Morgan fingerprint density at radius 3 is 3.05 bits per heavy atom. The molecule has 1 saturated heterocycles. The minimum atomic E-state index is -0.0798. The molecule has 1 aromatic heterocycles. The Balaban J connectivity index is 1.60. The van der Waals surface area contributed by atoms with Gasteiger partial charge in [0, 0.05) is 35.4 Å². The number of nitrogens with one attached hydrogen (secondary N) is 2. The van der Waals surface area contributed by atoms with Crippen LogP contribution < -0.4 is 10.6 Å². The van der Waals surface area contributed by atoms with Crippen LogP contribution in [0.4, 0.5) is 4.79 Å². The molecule has 1 fully saturated rings. The Hall–Kier alpha value is -1.07. The summed E-state index contributed by atoms with van der Waals surface area (Å²) in [4.78, 5) is 14.4. The first-order valence-corrected chi connectivity index (χ1v) is 8.16. The van der Waals surface area contributed by atoms with Crippen molar-refractivity contribution in [2.75, 3.05) is 13.2 Å². The summed E-state index contributed by atoms with van der Waals surface area (Å²) in [5.41, 5.74) is 0. The molecule has 0 aromatic carbocycles. The van der Waals surface area contributed by atoms with Gasteiger partial charge in [-0.2, -0.15) is 0 Å². The first-order valence-electron chi connectivity index (χ1n) is 7.35. The molecule has 2 rings (SSSR count). The quantitative estimate of drug-likeness (QED) is 0.848. The standard InChI is InChI=1S/C15H24N2O2S/c1-11(10-14-6-5-12(2)20-14)17-15(18)16-8-7-13-4-3-9-19-13/h5-6,11,13H,3-4,7-10H2,1-2H3,(H2,16,17,18)/t11-,13+/m0/s1. The van der Waals surface area contributed by atoms with Gasteiger partial charge in [-0.1, -0.05) is 0 Å².